The van der Waals surface area contributed by atoms with Gasteiger partial charge in [0.05, 0.1) is 5.69 Å². The number of nitrogens with zero attached hydrogens (tertiary/aromatic N) is 3. The molecule has 2 fully saturated rings. The number of amides is 2. The van der Waals surface area contributed by atoms with E-state index in [9.17, 15) is 4.79 Å². The van der Waals surface area contributed by atoms with Crippen molar-refractivity contribution in [3.05, 3.63) is 23.7 Å². The second-order valence-electron chi connectivity index (χ2n) is 7.02. The number of nitrogens with one attached hydrogen (secondary N) is 2. The van der Waals surface area contributed by atoms with Gasteiger partial charge < -0.3 is 15.5 Å². The zero-order valence-corrected chi connectivity index (χ0v) is 14.0. The van der Waals surface area contributed by atoms with Gasteiger partial charge in [0, 0.05) is 37.2 Å². The van der Waals surface area contributed by atoms with Crippen LogP contribution in [-0.2, 0) is 6.42 Å². The average Bonchev–Trinajstić information content (AvgIpc) is 3.26. The van der Waals surface area contributed by atoms with Gasteiger partial charge in [-0.3, -0.25) is 0 Å². The molecule has 2 aliphatic carbocycles. The second-order valence-corrected chi connectivity index (χ2v) is 7.02. The lowest BCUT2D eigenvalue weighted by Crippen LogP contribution is -2.49. The van der Waals surface area contributed by atoms with Gasteiger partial charge in [-0.15, -0.1) is 0 Å². The summed E-state index contributed by atoms with van der Waals surface area (Å²) in [6.45, 7) is 1.84. The fourth-order valence-electron chi connectivity index (χ4n) is 4.01. The van der Waals surface area contributed by atoms with Crippen LogP contribution in [0.4, 0.5) is 10.6 Å². The highest BCUT2D eigenvalue weighted by atomic mass is 16.2. The van der Waals surface area contributed by atoms with Crippen molar-refractivity contribution < 1.29 is 4.79 Å². The van der Waals surface area contributed by atoms with E-state index in [0.717, 1.165) is 56.7 Å². The van der Waals surface area contributed by atoms with Crippen molar-refractivity contribution in [2.75, 3.05) is 18.0 Å². The summed E-state index contributed by atoms with van der Waals surface area (Å²) in [5.41, 5.74) is 2.29. The molecule has 2 N–H and O–H groups in total. The molecule has 0 radical (unpaired) electrons. The molecule has 0 unspecified atom stereocenters. The topological polar surface area (TPSA) is 70.2 Å². The Morgan fingerprint density at radius 2 is 1.75 bits per heavy atom. The van der Waals surface area contributed by atoms with Crippen molar-refractivity contribution in [2.45, 2.75) is 57.0 Å². The molecule has 1 saturated carbocycles. The van der Waals surface area contributed by atoms with E-state index in [2.05, 4.69) is 37.7 Å². The number of rotatable bonds is 3. The van der Waals surface area contributed by atoms with E-state index in [1.807, 2.05) is 0 Å². The number of urea groups is 1. The molecule has 6 nitrogen and oxygen atoms in total. The zero-order valence-electron chi connectivity index (χ0n) is 14.0. The Bertz CT molecular complexity index is 630. The Morgan fingerprint density at radius 1 is 1.04 bits per heavy atom. The summed E-state index contributed by atoms with van der Waals surface area (Å²) >= 11 is 0. The van der Waals surface area contributed by atoms with E-state index >= 15 is 0 Å². The minimum absolute atomic E-state index is 0.00575. The first-order valence-corrected chi connectivity index (χ1v) is 9.12. The lowest BCUT2D eigenvalue weighted by molar-refractivity contribution is 0.230. The number of anilines is 1. The number of hydrogen-bond acceptors (Lipinski definition) is 4. The van der Waals surface area contributed by atoms with Crippen LogP contribution < -0.4 is 15.5 Å². The van der Waals surface area contributed by atoms with E-state index < -0.39 is 0 Å². The lowest BCUT2D eigenvalue weighted by atomic mass is 10.0. The number of carbonyl (C=O) groups is 1. The highest BCUT2D eigenvalue weighted by molar-refractivity contribution is 5.74. The largest absolute Gasteiger partial charge is 0.356 e. The van der Waals surface area contributed by atoms with Gasteiger partial charge in [0.1, 0.15) is 12.1 Å². The van der Waals surface area contributed by atoms with Gasteiger partial charge in [-0.2, -0.15) is 0 Å². The smallest absolute Gasteiger partial charge is 0.315 e. The zero-order chi connectivity index (χ0) is 16.4. The predicted molar refractivity (Wildman–Crippen MR) is 93.9 cm³/mol. The van der Waals surface area contributed by atoms with Crippen LogP contribution in [0.25, 0.3) is 6.08 Å². The third-order valence-electron chi connectivity index (χ3n) is 5.36. The van der Waals surface area contributed by atoms with Gasteiger partial charge in [0.15, 0.2) is 0 Å². The molecule has 1 aromatic heterocycles. The Labute approximate surface area is 142 Å². The van der Waals surface area contributed by atoms with Crippen LogP contribution >= 0.6 is 0 Å². The summed E-state index contributed by atoms with van der Waals surface area (Å²) in [6.07, 6.45) is 13.5. The second kappa shape index (κ2) is 6.79. The summed E-state index contributed by atoms with van der Waals surface area (Å²) in [4.78, 5) is 23.3. The molecule has 6 heteroatoms. The number of hydrogen-bond donors (Lipinski definition) is 2. The summed E-state index contributed by atoms with van der Waals surface area (Å²) in [5.74, 6) is 1.04. The Kier molecular flexibility index (Phi) is 4.36. The lowest BCUT2D eigenvalue weighted by Gasteiger charge is -2.34. The number of carbonyl (C=O) groups excluding carboxylic acids is 1. The molecule has 2 amide bonds. The summed E-state index contributed by atoms with van der Waals surface area (Å²) in [5, 5.41) is 6.26. The molecule has 0 atom stereocenters. The average molecular weight is 327 g/mol. The summed E-state index contributed by atoms with van der Waals surface area (Å²) < 4.78 is 0. The minimum atomic E-state index is 0.00575. The Balaban J connectivity index is 1.30. The molecule has 0 spiro atoms. The first kappa shape index (κ1) is 15.4. The molecule has 24 heavy (non-hydrogen) atoms. The van der Waals surface area contributed by atoms with Gasteiger partial charge in [-0.05, 0) is 25.7 Å². The number of piperidine rings is 1. The highest BCUT2D eigenvalue weighted by Crippen LogP contribution is 2.28. The molecular formula is C18H25N5O. The van der Waals surface area contributed by atoms with Crippen LogP contribution in [0.2, 0.25) is 0 Å². The molecule has 0 bridgehead atoms. The van der Waals surface area contributed by atoms with Crippen LogP contribution in [0.3, 0.4) is 0 Å². The van der Waals surface area contributed by atoms with Gasteiger partial charge in [0.25, 0.3) is 0 Å². The van der Waals surface area contributed by atoms with Gasteiger partial charge in [-0.25, -0.2) is 14.8 Å². The van der Waals surface area contributed by atoms with Crippen LogP contribution in [0, 0.1) is 0 Å². The predicted octanol–water partition coefficient (Wildman–Crippen LogP) is 2.26. The molecule has 4 rings (SSSR count). The maximum Gasteiger partial charge on any atom is 0.315 e. The summed E-state index contributed by atoms with van der Waals surface area (Å²) in [7, 11) is 0. The van der Waals surface area contributed by atoms with Gasteiger partial charge >= 0.3 is 6.03 Å². The molecule has 1 aliphatic heterocycles. The van der Waals surface area contributed by atoms with E-state index in [4.69, 9.17) is 0 Å². The Hall–Kier alpha value is -2.11. The molecular weight excluding hydrogens is 302 g/mol. The third-order valence-corrected chi connectivity index (χ3v) is 5.36. The molecule has 0 aromatic carbocycles. The fraction of sp³-hybridized carbons (Fsp3) is 0.611. The van der Waals surface area contributed by atoms with Gasteiger partial charge in [-0.1, -0.05) is 25.0 Å². The van der Waals surface area contributed by atoms with Crippen molar-refractivity contribution >= 4 is 17.9 Å². The number of allylic oxidation sites excluding steroid dienone is 1. The normalized spacial score (nSPS) is 21.1. The first-order valence-electron chi connectivity index (χ1n) is 9.12. The monoisotopic (exact) mass is 327 g/mol. The van der Waals surface area contributed by atoms with Gasteiger partial charge in [0.2, 0.25) is 0 Å². The van der Waals surface area contributed by atoms with Crippen molar-refractivity contribution in [1.29, 1.82) is 0 Å². The third kappa shape index (κ3) is 3.23. The van der Waals surface area contributed by atoms with E-state index in [-0.39, 0.29) is 12.1 Å². The number of aromatic nitrogens is 2. The maximum atomic E-state index is 12.1. The molecule has 1 aromatic rings. The van der Waals surface area contributed by atoms with Crippen LogP contribution in [-0.4, -0.2) is 41.2 Å². The van der Waals surface area contributed by atoms with Crippen LogP contribution in [0.15, 0.2) is 12.4 Å². The van der Waals surface area contributed by atoms with Crippen molar-refractivity contribution in [3.63, 3.8) is 0 Å². The molecule has 2 heterocycles. The molecule has 128 valence electrons. The standard InChI is InChI=1S/C18H25N5O/c24-18(21-13-4-1-2-5-13)22-14-8-10-23(11-9-14)17-15-6-3-7-16(15)19-12-20-17/h3,6,12-14H,1-2,4-5,7-11H2,(H2,21,22,24). The fourth-order valence-corrected chi connectivity index (χ4v) is 4.01. The Morgan fingerprint density at radius 3 is 2.50 bits per heavy atom. The van der Waals surface area contributed by atoms with Crippen molar-refractivity contribution in [2.24, 2.45) is 0 Å². The minimum Gasteiger partial charge on any atom is -0.356 e. The highest BCUT2D eigenvalue weighted by Gasteiger charge is 2.25. The van der Waals surface area contributed by atoms with E-state index in [1.165, 1.54) is 18.4 Å². The first-order chi connectivity index (χ1) is 11.8. The van der Waals surface area contributed by atoms with Crippen molar-refractivity contribution in [3.8, 4) is 0 Å². The van der Waals surface area contributed by atoms with E-state index in [0.29, 0.717) is 6.04 Å². The quantitative estimate of drug-likeness (QED) is 0.893. The maximum absolute atomic E-state index is 12.1. The molecule has 3 aliphatic rings. The van der Waals surface area contributed by atoms with E-state index in [1.54, 1.807) is 6.33 Å². The van der Waals surface area contributed by atoms with Crippen LogP contribution in [0.1, 0.15) is 49.8 Å². The molecule has 1 saturated heterocycles. The summed E-state index contributed by atoms with van der Waals surface area (Å²) in [6, 6.07) is 0.639. The van der Waals surface area contributed by atoms with Crippen molar-refractivity contribution in [1.82, 2.24) is 20.6 Å². The number of fused-ring (bicyclic) bond motifs is 1. The van der Waals surface area contributed by atoms with Crippen LogP contribution in [0.5, 0.6) is 0 Å². The SMILES string of the molecule is O=C(NC1CCCC1)NC1CCN(c2ncnc3c2C=CC3)CC1.